The van der Waals surface area contributed by atoms with Crippen LogP contribution in [0.25, 0.3) is 0 Å². The predicted molar refractivity (Wildman–Crippen MR) is 76.7 cm³/mol. The molecule has 0 aliphatic carbocycles. The van der Waals surface area contributed by atoms with E-state index in [2.05, 4.69) is 0 Å². The number of hydrogen-bond donors (Lipinski definition) is 1. The van der Waals surface area contributed by atoms with E-state index >= 15 is 0 Å². The number of alkyl halides is 3. The largest absolute Gasteiger partial charge is 0.481 e. The molecule has 1 fully saturated rings. The van der Waals surface area contributed by atoms with Crippen LogP contribution in [0.3, 0.4) is 0 Å². The zero-order valence-electron chi connectivity index (χ0n) is 12.6. The highest BCUT2D eigenvalue weighted by Gasteiger charge is 2.53. The number of halogens is 3. The maximum atomic E-state index is 13.0. The second kappa shape index (κ2) is 6.60. The highest BCUT2D eigenvalue weighted by atomic mass is 19.4. The summed E-state index contributed by atoms with van der Waals surface area (Å²) in [6.07, 6.45) is -4.19. The molecular weight excluding hydrogens is 311 g/mol. The molecular formula is C16H18F3NO3. The molecule has 1 amide bonds. The van der Waals surface area contributed by atoms with Gasteiger partial charge in [-0.25, -0.2) is 0 Å². The Bertz CT molecular complexity index is 574. The van der Waals surface area contributed by atoms with Crippen LogP contribution in [0.1, 0.15) is 24.8 Å². The molecule has 23 heavy (non-hydrogen) atoms. The Labute approximate surface area is 131 Å². The molecule has 1 aliphatic heterocycles. The smallest absolute Gasteiger partial charge is 0.394 e. The fourth-order valence-electron chi connectivity index (χ4n) is 3.02. The van der Waals surface area contributed by atoms with Crippen LogP contribution in [0, 0.1) is 11.8 Å². The summed E-state index contributed by atoms with van der Waals surface area (Å²) in [6.45, 7) is 0.784. The van der Waals surface area contributed by atoms with Gasteiger partial charge in [0.2, 0.25) is 5.91 Å². The van der Waals surface area contributed by atoms with Crippen LogP contribution in [0.2, 0.25) is 0 Å². The monoisotopic (exact) mass is 329 g/mol. The third-order valence-electron chi connectivity index (χ3n) is 4.28. The quantitative estimate of drug-likeness (QED) is 0.924. The third kappa shape index (κ3) is 3.65. The van der Waals surface area contributed by atoms with Crippen LogP contribution < -0.4 is 0 Å². The van der Waals surface area contributed by atoms with Gasteiger partial charge in [0.1, 0.15) is 0 Å². The first-order chi connectivity index (χ1) is 10.8. The van der Waals surface area contributed by atoms with Gasteiger partial charge < -0.3 is 10.0 Å². The fourth-order valence-corrected chi connectivity index (χ4v) is 3.02. The summed E-state index contributed by atoms with van der Waals surface area (Å²) in [4.78, 5) is 24.7. The zero-order valence-corrected chi connectivity index (χ0v) is 12.6. The Morgan fingerprint density at radius 1 is 1.26 bits per heavy atom. The molecule has 3 atom stereocenters. The standard InChI is InChI=1S/C16H18F3NO3/c1-2-11(10-6-4-3-5-7-10)14(21)20-8-12(15(22)23)13(9-20)16(17,18)19/h3-7,11-13H,2,8-9H2,1H3,(H,22,23)/t11?,12-,13-/m1/s1. The minimum Gasteiger partial charge on any atom is -0.481 e. The highest BCUT2D eigenvalue weighted by Crippen LogP contribution is 2.39. The van der Waals surface area contributed by atoms with E-state index in [0.29, 0.717) is 6.42 Å². The summed E-state index contributed by atoms with van der Waals surface area (Å²) in [7, 11) is 0. The first-order valence-electron chi connectivity index (χ1n) is 7.39. The first-order valence-corrected chi connectivity index (χ1v) is 7.39. The lowest BCUT2D eigenvalue weighted by molar-refractivity contribution is -0.188. The van der Waals surface area contributed by atoms with Crippen LogP contribution in [0.4, 0.5) is 13.2 Å². The molecule has 1 saturated heterocycles. The minimum atomic E-state index is -4.63. The SMILES string of the molecule is CCC(C(=O)N1C[C@@H](C(F)(F)F)[C@H](C(=O)O)C1)c1ccccc1. The number of rotatable bonds is 4. The van der Waals surface area contributed by atoms with Gasteiger partial charge in [0.05, 0.1) is 17.8 Å². The van der Waals surface area contributed by atoms with Gasteiger partial charge in [-0.15, -0.1) is 0 Å². The van der Waals surface area contributed by atoms with Crippen molar-refractivity contribution in [2.45, 2.75) is 25.4 Å². The maximum absolute atomic E-state index is 13.0. The van der Waals surface area contributed by atoms with E-state index in [9.17, 15) is 22.8 Å². The summed E-state index contributed by atoms with van der Waals surface area (Å²) in [5, 5.41) is 9.02. The number of amides is 1. The number of hydrogen-bond acceptors (Lipinski definition) is 2. The van der Waals surface area contributed by atoms with Crippen LogP contribution >= 0.6 is 0 Å². The van der Waals surface area contributed by atoms with Gasteiger partial charge in [-0.1, -0.05) is 37.3 Å². The molecule has 1 unspecified atom stereocenters. The van der Waals surface area contributed by atoms with Gasteiger partial charge in [0.15, 0.2) is 0 Å². The number of carboxylic acid groups (broad SMARTS) is 1. The molecule has 0 radical (unpaired) electrons. The molecule has 1 heterocycles. The number of likely N-dealkylation sites (tertiary alicyclic amines) is 1. The van der Waals surface area contributed by atoms with Gasteiger partial charge in [0, 0.05) is 13.1 Å². The number of aliphatic carboxylic acids is 1. The average Bonchev–Trinajstić information content (AvgIpc) is 2.94. The second-order valence-electron chi connectivity index (χ2n) is 5.71. The molecule has 1 N–H and O–H groups in total. The number of carbonyl (C=O) groups is 2. The summed E-state index contributed by atoms with van der Waals surface area (Å²) in [5.41, 5.74) is 0.724. The number of carboxylic acids is 1. The molecule has 126 valence electrons. The van der Waals surface area contributed by atoms with Crippen LogP contribution in [-0.2, 0) is 9.59 Å². The van der Waals surface area contributed by atoms with Crippen molar-refractivity contribution in [2.75, 3.05) is 13.1 Å². The maximum Gasteiger partial charge on any atom is 0.394 e. The average molecular weight is 329 g/mol. The number of carbonyl (C=O) groups excluding carboxylic acids is 1. The molecule has 0 spiro atoms. The summed E-state index contributed by atoms with van der Waals surface area (Å²) in [6, 6.07) is 8.80. The second-order valence-corrected chi connectivity index (χ2v) is 5.71. The topological polar surface area (TPSA) is 57.6 Å². The number of benzene rings is 1. The lowest BCUT2D eigenvalue weighted by Crippen LogP contribution is -2.35. The van der Waals surface area contributed by atoms with Crippen molar-refractivity contribution in [1.82, 2.24) is 4.90 Å². The molecule has 2 rings (SSSR count). The molecule has 1 aromatic rings. The molecule has 7 heteroatoms. The van der Waals surface area contributed by atoms with E-state index in [4.69, 9.17) is 5.11 Å². The summed E-state index contributed by atoms with van der Waals surface area (Å²) >= 11 is 0. The molecule has 1 aromatic carbocycles. The summed E-state index contributed by atoms with van der Waals surface area (Å²) < 4.78 is 39.0. The van der Waals surface area contributed by atoms with Crippen molar-refractivity contribution in [3.63, 3.8) is 0 Å². The van der Waals surface area contributed by atoms with Crippen molar-refractivity contribution in [3.8, 4) is 0 Å². The van der Waals surface area contributed by atoms with Crippen molar-refractivity contribution >= 4 is 11.9 Å². The zero-order chi connectivity index (χ0) is 17.2. The molecule has 0 saturated carbocycles. The van der Waals surface area contributed by atoms with Gasteiger partial charge in [-0.3, -0.25) is 9.59 Å². The fraction of sp³-hybridized carbons (Fsp3) is 0.500. The van der Waals surface area contributed by atoms with Crippen LogP contribution in [-0.4, -0.2) is 41.1 Å². The minimum absolute atomic E-state index is 0.401. The normalized spacial score (nSPS) is 22.9. The lowest BCUT2D eigenvalue weighted by atomic mass is 9.95. The lowest BCUT2D eigenvalue weighted by Gasteiger charge is -2.23. The Morgan fingerprint density at radius 2 is 1.87 bits per heavy atom. The van der Waals surface area contributed by atoms with Crippen molar-refractivity contribution in [1.29, 1.82) is 0 Å². The molecule has 4 nitrogen and oxygen atoms in total. The molecule has 1 aliphatic rings. The van der Waals surface area contributed by atoms with E-state index in [1.165, 1.54) is 0 Å². The Kier molecular flexibility index (Phi) is 4.97. The Morgan fingerprint density at radius 3 is 2.30 bits per heavy atom. The van der Waals surface area contributed by atoms with Crippen molar-refractivity contribution in [3.05, 3.63) is 35.9 Å². The summed E-state index contributed by atoms with van der Waals surface area (Å²) in [5.74, 6) is -6.14. The van der Waals surface area contributed by atoms with E-state index < -0.39 is 48.9 Å². The predicted octanol–water partition coefficient (Wildman–Crippen LogP) is 2.90. The van der Waals surface area contributed by atoms with Crippen LogP contribution in [0.15, 0.2) is 30.3 Å². The van der Waals surface area contributed by atoms with Gasteiger partial charge >= 0.3 is 12.1 Å². The van der Waals surface area contributed by atoms with E-state index in [1.54, 1.807) is 37.3 Å². The highest BCUT2D eigenvalue weighted by molar-refractivity contribution is 5.85. The Balaban J connectivity index is 2.21. The van der Waals surface area contributed by atoms with Gasteiger partial charge in [0.25, 0.3) is 0 Å². The van der Waals surface area contributed by atoms with Crippen LogP contribution in [0.5, 0.6) is 0 Å². The van der Waals surface area contributed by atoms with Crippen molar-refractivity contribution in [2.24, 2.45) is 11.8 Å². The third-order valence-corrected chi connectivity index (χ3v) is 4.28. The Hall–Kier alpha value is -2.05. The number of nitrogens with zero attached hydrogens (tertiary/aromatic N) is 1. The van der Waals surface area contributed by atoms with E-state index in [-0.39, 0.29) is 0 Å². The van der Waals surface area contributed by atoms with E-state index in [0.717, 1.165) is 10.5 Å². The van der Waals surface area contributed by atoms with E-state index in [1.807, 2.05) is 0 Å². The molecule has 0 aromatic heterocycles. The molecule has 0 bridgehead atoms. The van der Waals surface area contributed by atoms with Crippen molar-refractivity contribution < 1.29 is 27.9 Å². The first kappa shape index (κ1) is 17.3. The van der Waals surface area contributed by atoms with Gasteiger partial charge in [-0.05, 0) is 12.0 Å². The van der Waals surface area contributed by atoms with Gasteiger partial charge in [-0.2, -0.15) is 13.2 Å².